The highest BCUT2D eigenvalue weighted by atomic mass is 16.5. The molecule has 3 aromatic carbocycles. The molecule has 0 radical (unpaired) electrons. The van der Waals surface area contributed by atoms with Crippen molar-refractivity contribution in [3.63, 3.8) is 0 Å². The van der Waals surface area contributed by atoms with Crippen molar-refractivity contribution in [3.8, 4) is 5.75 Å². The topological polar surface area (TPSA) is 66.8 Å². The van der Waals surface area contributed by atoms with Gasteiger partial charge in [-0.2, -0.15) is 0 Å². The fourth-order valence-electron chi connectivity index (χ4n) is 4.66. The van der Waals surface area contributed by atoms with Gasteiger partial charge in [0.1, 0.15) is 17.9 Å². The van der Waals surface area contributed by atoms with E-state index in [1.165, 1.54) is 16.0 Å². The predicted octanol–water partition coefficient (Wildman–Crippen LogP) is 5.65. The Bertz CT molecular complexity index is 1210. The molecule has 1 aliphatic rings. The van der Waals surface area contributed by atoms with Crippen molar-refractivity contribution in [1.29, 1.82) is 0 Å². The Morgan fingerprint density at radius 2 is 1.66 bits per heavy atom. The molecule has 1 heterocycles. The van der Waals surface area contributed by atoms with Gasteiger partial charge in [0.25, 0.3) is 5.91 Å². The molecule has 1 aliphatic heterocycles. The second kappa shape index (κ2) is 9.57. The first-order chi connectivity index (χ1) is 16.5. The maximum absolute atomic E-state index is 13.3. The molecule has 5 nitrogen and oxygen atoms in total. The van der Waals surface area contributed by atoms with Gasteiger partial charge < -0.3 is 14.7 Å². The smallest absolute Gasteiger partial charge is 0.323 e. The first-order valence-corrected chi connectivity index (χ1v) is 12.0. The van der Waals surface area contributed by atoms with Crippen molar-refractivity contribution in [2.45, 2.75) is 58.1 Å². The molecule has 4 rings (SSSR count). The zero-order valence-electron chi connectivity index (χ0n) is 20.9. The normalized spacial score (nSPS) is 16.9. The van der Waals surface area contributed by atoms with Gasteiger partial charge in [-0.1, -0.05) is 75.4 Å². The van der Waals surface area contributed by atoms with Crippen molar-refractivity contribution in [2.24, 2.45) is 0 Å². The van der Waals surface area contributed by atoms with Gasteiger partial charge in [-0.25, -0.2) is 0 Å². The Hall–Kier alpha value is -3.60. The van der Waals surface area contributed by atoms with E-state index in [4.69, 9.17) is 4.74 Å². The second-order valence-corrected chi connectivity index (χ2v) is 10.7. The Labute approximate surface area is 207 Å². The number of nitrogens with zero attached hydrogens (tertiary/aromatic N) is 1. The standard InChI is InChI=1S/C30H33NO4/c1-29(2,3)25-13-10-21(11-14-25)17-30(4)18-24-16-23(12-15-26(24)35-30)28(34)31(20-27(32)33)19-22-8-6-5-7-9-22/h5-16H,17-20H2,1-4H3,(H,32,33)/t30-/m0/s1. The molecule has 182 valence electrons. The molecule has 1 atom stereocenters. The molecule has 0 saturated heterocycles. The summed E-state index contributed by atoms with van der Waals surface area (Å²) < 4.78 is 6.33. The summed E-state index contributed by atoms with van der Waals surface area (Å²) in [6.45, 7) is 8.59. The number of rotatable bonds is 7. The Kier molecular flexibility index (Phi) is 6.70. The van der Waals surface area contributed by atoms with Gasteiger partial charge in [-0.3, -0.25) is 9.59 Å². The summed E-state index contributed by atoms with van der Waals surface area (Å²) in [5.74, 6) is -0.558. The van der Waals surface area contributed by atoms with E-state index in [9.17, 15) is 14.7 Å². The summed E-state index contributed by atoms with van der Waals surface area (Å²) in [5, 5.41) is 9.37. The summed E-state index contributed by atoms with van der Waals surface area (Å²) >= 11 is 0. The first kappa shape index (κ1) is 24.5. The van der Waals surface area contributed by atoms with Gasteiger partial charge in [-0.15, -0.1) is 0 Å². The van der Waals surface area contributed by atoms with Crippen molar-refractivity contribution < 1.29 is 19.4 Å². The third kappa shape index (κ3) is 5.91. The number of fused-ring (bicyclic) bond motifs is 1. The van der Waals surface area contributed by atoms with Crippen LogP contribution < -0.4 is 4.74 Å². The van der Waals surface area contributed by atoms with Crippen molar-refractivity contribution >= 4 is 11.9 Å². The van der Waals surface area contributed by atoms with E-state index in [-0.39, 0.29) is 24.4 Å². The molecule has 0 saturated carbocycles. The molecule has 35 heavy (non-hydrogen) atoms. The van der Waals surface area contributed by atoms with Gasteiger partial charge in [0.2, 0.25) is 0 Å². The molecule has 3 aromatic rings. The molecule has 1 amide bonds. The van der Waals surface area contributed by atoms with E-state index in [2.05, 4.69) is 52.0 Å². The molecule has 0 unspecified atom stereocenters. The lowest BCUT2D eigenvalue weighted by atomic mass is 9.85. The molecular formula is C30H33NO4. The van der Waals surface area contributed by atoms with Crippen LogP contribution in [0.3, 0.4) is 0 Å². The summed E-state index contributed by atoms with van der Waals surface area (Å²) in [4.78, 5) is 26.1. The Morgan fingerprint density at radius 1 is 0.971 bits per heavy atom. The largest absolute Gasteiger partial charge is 0.487 e. The van der Waals surface area contributed by atoms with Gasteiger partial charge in [0, 0.05) is 24.9 Å². The molecule has 5 heteroatoms. The van der Waals surface area contributed by atoms with Crippen LogP contribution in [-0.4, -0.2) is 34.0 Å². The van der Waals surface area contributed by atoms with Crippen LogP contribution in [0.1, 0.15) is 60.3 Å². The van der Waals surface area contributed by atoms with E-state index in [0.717, 1.165) is 23.3 Å². The molecule has 0 fully saturated rings. The highest BCUT2D eigenvalue weighted by molar-refractivity contribution is 5.96. The van der Waals surface area contributed by atoms with Gasteiger partial charge in [-0.05, 0) is 52.8 Å². The number of carboxylic acid groups (broad SMARTS) is 1. The fourth-order valence-corrected chi connectivity index (χ4v) is 4.66. The highest BCUT2D eigenvalue weighted by Gasteiger charge is 2.35. The number of hydrogen-bond donors (Lipinski definition) is 1. The maximum Gasteiger partial charge on any atom is 0.323 e. The monoisotopic (exact) mass is 471 g/mol. The minimum Gasteiger partial charge on any atom is -0.487 e. The van der Waals surface area contributed by atoms with Crippen LogP contribution in [0.25, 0.3) is 0 Å². The lowest BCUT2D eigenvalue weighted by Crippen LogP contribution is -2.35. The fraction of sp³-hybridized carbons (Fsp3) is 0.333. The lowest BCUT2D eigenvalue weighted by Gasteiger charge is -2.25. The van der Waals surface area contributed by atoms with Crippen LogP contribution in [0.4, 0.5) is 0 Å². The summed E-state index contributed by atoms with van der Waals surface area (Å²) in [5.41, 5.74) is 4.55. The van der Waals surface area contributed by atoms with Crippen LogP contribution in [0.15, 0.2) is 72.8 Å². The average molecular weight is 472 g/mol. The predicted molar refractivity (Wildman–Crippen MR) is 137 cm³/mol. The van der Waals surface area contributed by atoms with E-state index in [1.54, 1.807) is 6.07 Å². The summed E-state index contributed by atoms with van der Waals surface area (Å²) in [7, 11) is 0. The second-order valence-electron chi connectivity index (χ2n) is 10.7. The number of benzene rings is 3. The molecule has 0 bridgehead atoms. The Balaban J connectivity index is 1.50. The van der Waals surface area contributed by atoms with Crippen molar-refractivity contribution in [3.05, 3.63) is 101 Å². The molecule has 0 aromatic heterocycles. The average Bonchev–Trinajstić information content (AvgIpc) is 3.13. The molecule has 0 aliphatic carbocycles. The van der Waals surface area contributed by atoms with Crippen molar-refractivity contribution in [1.82, 2.24) is 4.90 Å². The van der Waals surface area contributed by atoms with Gasteiger partial charge in [0.05, 0.1) is 0 Å². The SMILES string of the molecule is CC(C)(C)c1ccc(C[C@@]2(C)Cc3cc(C(=O)N(CC(=O)O)Cc4ccccc4)ccc3O2)cc1. The Morgan fingerprint density at radius 3 is 2.29 bits per heavy atom. The molecular weight excluding hydrogens is 438 g/mol. The summed E-state index contributed by atoms with van der Waals surface area (Å²) in [6, 6.07) is 23.5. The quantitative estimate of drug-likeness (QED) is 0.484. The van der Waals surface area contributed by atoms with E-state index < -0.39 is 11.6 Å². The maximum atomic E-state index is 13.3. The van der Waals surface area contributed by atoms with Crippen molar-refractivity contribution in [2.75, 3.05) is 6.54 Å². The molecule has 0 spiro atoms. The van der Waals surface area contributed by atoms with Crippen LogP contribution in [0.5, 0.6) is 5.75 Å². The minimum absolute atomic E-state index is 0.112. The van der Waals surface area contributed by atoms with Gasteiger partial charge in [0.15, 0.2) is 0 Å². The van der Waals surface area contributed by atoms with Crippen LogP contribution in [0, 0.1) is 0 Å². The number of hydrogen-bond acceptors (Lipinski definition) is 3. The van der Waals surface area contributed by atoms with E-state index in [1.807, 2.05) is 42.5 Å². The minimum atomic E-state index is -1.04. The first-order valence-electron chi connectivity index (χ1n) is 12.0. The number of carbonyl (C=O) groups is 2. The van der Waals surface area contributed by atoms with Gasteiger partial charge >= 0.3 is 5.97 Å². The number of amides is 1. The lowest BCUT2D eigenvalue weighted by molar-refractivity contribution is -0.137. The van der Waals surface area contributed by atoms with Crippen LogP contribution >= 0.6 is 0 Å². The number of aliphatic carboxylic acids is 1. The zero-order valence-corrected chi connectivity index (χ0v) is 20.9. The number of carboxylic acids is 1. The highest BCUT2D eigenvalue weighted by Crippen LogP contribution is 2.38. The zero-order chi connectivity index (χ0) is 25.2. The number of ether oxygens (including phenoxy) is 1. The number of carbonyl (C=O) groups excluding carboxylic acids is 1. The van der Waals surface area contributed by atoms with E-state index >= 15 is 0 Å². The summed E-state index contributed by atoms with van der Waals surface area (Å²) in [6.07, 6.45) is 1.44. The van der Waals surface area contributed by atoms with Crippen LogP contribution in [-0.2, 0) is 29.6 Å². The third-order valence-corrected chi connectivity index (χ3v) is 6.46. The third-order valence-electron chi connectivity index (χ3n) is 6.46. The van der Waals surface area contributed by atoms with Crippen LogP contribution in [0.2, 0.25) is 0 Å². The molecule has 1 N–H and O–H groups in total. The van der Waals surface area contributed by atoms with E-state index in [0.29, 0.717) is 12.0 Å².